The van der Waals surface area contributed by atoms with E-state index in [4.69, 9.17) is 9.47 Å². The Hall–Kier alpha value is -1.25. The van der Waals surface area contributed by atoms with Gasteiger partial charge >= 0.3 is 6.16 Å². The highest BCUT2D eigenvalue weighted by molar-refractivity contribution is 5.61. The molecule has 0 heterocycles. The van der Waals surface area contributed by atoms with Crippen molar-refractivity contribution in [2.24, 2.45) is 11.8 Å². The van der Waals surface area contributed by atoms with E-state index in [2.05, 4.69) is 26.0 Å². The zero-order valence-corrected chi connectivity index (χ0v) is 16.3. The molecule has 0 saturated carbocycles. The summed E-state index contributed by atoms with van der Waals surface area (Å²) in [5.41, 5.74) is 1.89. The zero-order valence-electron chi connectivity index (χ0n) is 16.3. The van der Waals surface area contributed by atoms with Crippen molar-refractivity contribution >= 4 is 6.16 Å². The van der Waals surface area contributed by atoms with Gasteiger partial charge < -0.3 is 9.47 Å². The van der Waals surface area contributed by atoms with E-state index >= 15 is 0 Å². The van der Waals surface area contributed by atoms with Gasteiger partial charge in [-0.3, -0.25) is 0 Å². The van der Waals surface area contributed by atoms with Gasteiger partial charge in [-0.05, 0) is 80.1 Å². The lowest BCUT2D eigenvalue weighted by Gasteiger charge is -2.38. The molecule has 2 rings (SSSR count). The Labute approximate surface area is 147 Å². The van der Waals surface area contributed by atoms with E-state index < -0.39 is 17.4 Å². The van der Waals surface area contributed by atoms with Gasteiger partial charge in [-0.25, -0.2) is 4.79 Å². The molecule has 2 unspecified atom stereocenters. The van der Waals surface area contributed by atoms with Crippen molar-refractivity contribution in [3.8, 4) is 0 Å². The summed E-state index contributed by atoms with van der Waals surface area (Å²) >= 11 is 0. The molecule has 0 fully saturated rings. The van der Waals surface area contributed by atoms with Crippen LogP contribution in [0.4, 0.5) is 4.79 Å². The highest BCUT2D eigenvalue weighted by Gasteiger charge is 2.38. The summed E-state index contributed by atoms with van der Waals surface area (Å²) in [6, 6.07) is 0. The number of carbonyl (C=O) groups excluding carboxylic acids is 1. The van der Waals surface area contributed by atoms with Crippen molar-refractivity contribution in [2.45, 2.75) is 91.3 Å². The van der Waals surface area contributed by atoms with Crippen LogP contribution in [-0.4, -0.2) is 17.4 Å². The third-order valence-corrected chi connectivity index (χ3v) is 5.94. The fourth-order valence-corrected chi connectivity index (χ4v) is 3.81. The van der Waals surface area contributed by atoms with Gasteiger partial charge in [-0.2, -0.15) is 0 Å². The SMILES string of the molecule is CC1=CCC(C(C)(C)OC(=O)OC(C)(C)C2CC=C(C)CC2)CC1. The molecule has 0 aromatic rings. The second-order valence-corrected chi connectivity index (χ2v) is 8.70. The summed E-state index contributed by atoms with van der Waals surface area (Å²) in [5.74, 6) is 0.717. The lowest BCUT2D eigenvalue weighted by Crippen LogP contribution is -2.42. The number of carbonyl (C=O) groups is 1. The number of hydrogen-bond acceptors (Lipinski definition) is 3. The Morgan fingerprint density at radius 3 is 1.54 bits per heavy atom. The fourth-order valence-electron chi connectivity index (χ4n) is 3.81. The molecule has 2 atom stereocenters. The van der Waals surface area contributed by atoms with Crippen LogP contribution in [0.15, 0.2) is 23.3 Å². The van der Waals surface area contributed by atoms with Crippen molar-refractivity contribution in [3.63, 3.8) is 0 Å². The van der Waals surface area contributed by atoms with Crippen LogP contribution in [0.1, 0.15) is 80.1 Å². The molecule has 3 heteroatoms. The Morgan fingerprint density at radius 1 is 0.875 bits per heavy atom. The van der Waals surface area contributed by atoms with Crippen LogP contribution in [0.5, 0.6) is 0 Å². The third-order valence-electron chi connectivity index (χ3n) is 5.94. The molecule has 24 heavy (non-hydrogen) atoms. The largest absolute Gasteiger partial charge is 0.509 e. The molecule has 0 spiro atoms. The molecule has 0 aliphatic heterocycles. The van der Waals surface area contributed by atoms with Crippen LogP contribution in [0.25, 0.3) is 0 Å². The maximum Gasteiger partial charge on any atom is 0.509 e. The second kappa shape index (κ2) is 7.33. The summed E-state index contributed by atoms with van der Waals surface area (Å²) < 4.78 is 11.5. The maximum absolute atomic E-state index is 12.4. The fraction of sp³-hybridized carbons (Fsp3) is 0.762. The summed E-state index contributed by atoms with van der Waals surface area (Å²) in [5, 5.41) is 0. The normalized spacial score (nSPS) is 25.6. The van der Waals surface area contributed by atoms with E-state index in [9.17, 15) is 4.79 Å². The molecule has 0 amide bonds. The van der Waals surface area contributed by atoms with Crippen LogP contribution in [0.3, 0.4) is 0 Å². The average Bonchev–Trinajstić information content (AvgIpc) is 2.46. The van der Waals surface area contributed by atoms with Gasteiger partial charge in [0.2, 0.25) is 0 Å². The minimum absolute atomic E-state index is 0.358. The molecule has 0 bridgehead atoms. The first kappa shape index (κ1) is 19.1. The van der Waals surface area contributed by atoms with Crippen molar-refractivity contribution < 1.29 is 14.3 Å². The van der Waals surface area contributed by atoms with E-state index in [0.29, 0.717) is 11.8 Å². The van der Waals surface area contributed by atoms with E-state index in [1.54, 1.807) is 0 Å². The van der Waals surface area contributed by atoms with Crippen molar-refractivity contribution in [1.82, 2.24) is 0 Å². The van der Waals surface area contributed by atoms with Gasteiger partial charge in [0.1, 0.15) is 11.2 Å². The zero-order chi connectivity index (χ0) is 18.0. The summed E-state index contributed by atoms with van der Waals surface area (Å²) in [4.78, 5) is 12.4. The number of ether oxygens (including phenoxy) is 2. The maximum atomic E-state index is 12.4. The van der Waals surface area contributed by atoms with Gasteiger partial charge in [0.15, 0.2) is 0 Å². The number of hydrogen-bond donors (Lipinski definition) is 0. The summed E-state index contributed by atoms with van der Waals surface area (Å²) in [7, 11) is 0. The molecule has 136 valence electrons. The highest BCUT2D eigenvalue weighted by atomic mass is 16.7. The molecule has 0 saturated heterocycles. The Bertz CT molecular complexity index is 479. The molecule has 3 nitrogen and oxygen atoms in total. The lowest BCUT2D eigenvalue weighted by molar-refractivity contribution is -0.0958. The Morgan fingerprint density at radius 2 is 1.25 bits per heavy atom. The van der Waals surface area contributed by atoms with E-state index in [-0.39, 0.29) is 0 Å². The molecule has 2 aliphatic carbocycles. The summed E-state index contributed by atoms with van der Waals surface area (Å²) in [6.45, 7) is 12.4. The highest BCUT2D eigenvalue weighted by Crippen LogP contribution is 2.37. The first-order valence-electron chi connectivity index (χ1n) is 9.33. The van der Waals surface area contributed by atoms with Crippen molar-refractivity contribution in [2.75, 3.05) is 0 Å². The number of rotatable bonds is 4. The predicted octanol–water partition coefficient (Wildman–Crippen LogP) is 6.19. The first-order chi connectivity index (χ1) is 11.1. The third kappa shape index (κ3) is 4.87. The van der Waals surface area contributed by atoms with Crippen LogP contribution in [0.2, 0.25) is 0 Å². The number of allylic oxidation sites excluding steroid dienone is 4. The summed E-state index contributed by atoms with van der Waals surface area (Å²) in [6.07, 6.45) is 10.3. The smallest absolute Gasteiger partial charge is 0.428 e. The van der Waals surface area contributed by atoms with Crippen LogP contribution in [0, 0.1) is 11.8 Å². The Balaban J connectivity index is 1.91. The van der Waals surface area contributed by atoms with E-state index in [1.165, 1.54) is 11.1 Å². The topological polar surface area (TPSA) is 35.5 Å². The molecule has 0 aromatic carbocycles. The standard InChI is InChI=1S/C21H34O3/c1-15-7-11-17(12-8-15)20(3,4)23-19(22)24-21(5,6)18-13-9-16(2)10-14-18/h7,9,17-18H,8,10-14H2,1-6H3. The minimum Gasteiger partial charge on any atom is -0.428 e. The molecule has 0 radical (unpaired) electrons. The predicted molar refractivity (Wildman–Crippen MR) is 97.9 cm³/mol. The lowest BCUT2D eigenvalue weighted by atomic mass is 9.79. The van der Waals surface area contributed by atoms with Gasteiger partial charge in [-0.15, -0.1) is 0 Å². The molecule has 0 aromatic heterocycles. The Kier molecular flexibility index (Phi) is 5.83. The van der Waals surface area contributed by atoms with Crippen molar-refractivity contribution in [1.29, 1.82) is 0 Å². The molecular weight excluding hydrogens is 300 g/mol. The van der Waals surface area contributed by atoms with Crippen LogP contribution < -0.4 is 0 Å². The average molecular weight is 335 g/mol. The molecular formula is C21H34O3. The van der Waals surface area contributed by atoms with E-state index in [0.717, 1.165) is 38.5 Å². The van der Waals surface area contributed by atoms with Crippen LogP contribution >= 0.6 is 0 Å². The second-order valence-electron chi connectivity index (χ2n) is 8.70. The van der Waals surface area contributed by atoms with Gasteiger partial charge in [0, 0.05) is 11.8 Å². The van der Waals surface area contributed by atoms with E-state index in [1.807, 2.05) is 27.7 Å². The van der Waals surface area contributed by atoms with Gasteiger partial charge in [-0.1, -0.05) is 23.3 Å². The van der Waals surface area contributed by atoms with Gasteiger partial charge in [0.25, 0.3) is 0 Å². The van der Waals surface area contributed by atoms with Crippen molar-refractivity contribution in [3.05, 3.63) is 23.3 Å². The first-order valence-corrected chi connectivity index (χ1v) is 9.33. The molecule has 0 N–H and O–H groups in total. The van der Waals surface area contributed by atoms with Crippen LogP contribution in [-0.2, 0) is 9.47 Å². The monoisotopic (exact) mass is 334 g/mol. The minimum atomic E-state index is -0.525. The molecule has 2 aliphatic rings. The van der Waals surface area contributed by atoms with Gasteiger partial charge in [0.05, 0.1) is 0 Å². The quantitative estimate of drug-likeness (QED) is 0.454.